The Bertz CT molecular complexity index is 507. The lowest BCUT2D eigenvalue weighted by Gasteiger charge is -2.06. The molecule has 1 aromatic heterocycles. The Morgan fingerprint density at radius 1 is 1.12 bits per heavy atom. The molecule has 0 saturated carbocycles. The molecule has 0 N–H and O–H groups in total. The lowest BCUT2D eigenvalue weighted by Crippen LogP contribution is -2.04. The van der Waals surface area contributed by atoms with Crippen molar-refractivity contribution in [2.24, 2.45) is 0 Å². The van der Waals surface area contributed by atoms with Crippen molar-refractivity contribution in [2.75, 3.05) is 0 Å². The van der Waals surface area contributed by atoms with Crippen molar-refractivity contribution in [1.29, 1.82) is 0 Å². The smallest absolute Gasteiger partial charge is 0.166 e. The zero-order valence-corrected chi connectivity index (χ0v) is 11.3. The lowest BCUT2D eigenvalue weighted by atomic mass is 10.1. The summed E-state index contributed by atoms with van der Waals surface area (Å²) in [6.45, 7) is 0. The minimum absolute atomic E-state index is 0.513. The van der Waals surface area contributed by atoms with Crippen molar-refractivity contribution in [2.45, 2.75) is 12.6 Å². The van der Waals surface area contributed by atoms with Gasteiger partial charge in [-0.25, -0.2) is 0 Å². The standard InChI is InChI=1S/C10H6F3IN2S/c11-10(12,13)7-3-1-6(2-4-7)5-8-15-16-9(14)17-8/h1-4H,5H2. The first-order valence-corrected chi connectivity index (χ1v) is 6.49. The van der Waals surface area contributed by atoms with Crippen LogP contribution in [-0.4, -0.2) is 10.2 Å². The number of rotatable bonds is 2. The van der Waals surface area contributed by atoms with Crippen molar-refractivity contribution < 1.29 is 13.2 Å². The predicted molar refractivity (Wildman–Crippen MR) is 66.9 cm³/mol. The fraction of sp³-hybridized carbons (Fsp3) is 0.200. The first-order chi connectivity index (χ1) is 7.95. The maximum Gasteiger partial charge on any atom is 0.416 e. The van der Waals surface area contributed by atoms with E-state index >= 15 is 0 Å². The van der Waals surface area contributed by atoms with Crippen LogP contribution in [0.1, 0.15) is 16.1 Å². The number of benzene rings is 1. The Labute approximate surface area is 113 Å². The van der Waals surface area contributed by atoms with Crippen molar-refractivity contribution in [3.63, 3.8) is 0 Å². The molecule has 0 atom stereocenters. The molecule has 0 saturated heterocycles. The Morgan fingerprint density at radius 3 is 2.24 bits per heavy atom. The molecular formula is C10H6F3IN2S. The normalized spacial score (nSPS) is 11.8. The summed E-state index contributed by atoms with van der Waals surface area (Å²) in [7, 11) is 0. The number of halogens is 4. The summed E-state index contributed by atoms with van der Waals surface area (Å²) in [4.78, 5) is 0. The monoisotopic (exact) mass is 370 g/mol. The third-order valence-corrected chi connectivity index (χ3v) is 3.67. The van der Waals surface area contributed by atoms with Gasteiger partial charge in [-0.15, -0.1) is 10.2 Å². The van der Waals surface area contributed by atoms with Gasteiger partial charge in [-0.05, 0) is 40.3 Å². The van der Waals surface area contributed by atoms with E-state index in [9.17, 15) is 13.2 Å². The highest BCUT2D eigenvalue weighted by molar-refractivity contribution is 14.1. The van der Waals surface area contributed by atoms with Gasteiger partial charge in [0.2, 0.25) is 0 Å². The van der Waals surface area contributed by atoms with E-state index < -0.39 is 11.7 Å². The molecule has 0 aliphatic heterocycles. The molecule has 1 heterocycles. The molecule has 0 spiro atoms. The van der Waals surface area contributed by atoms with Gasteiger partial charge in [0, 0.05) is 6.42 Å². The van der Waals surface area contributed by atoms with Crippen molar-refractivity contribution >= 4 is 33.9 Å². The van der Waals surface area contributed by atoms with Crippen molar-refractivity contribution in [1.82, 2.24) is 10.2 Å². The van der Waals surface area contributed by atoms with Gasteiger partial charge in [-0.1, -0.05) is 23.5 Å². The summed E-state index contributed by atoms with van der Waals surface area (Å²) in [5.41, 5.74) is 0.165. The highest BCUT2D eigenvalue weighted by Crippen LogP contribution is 2.29. The quantitative estimate of drug-likeness (QED) is 0.753. The summed E-state index contributed by atoms with van der Waals surface area (Å²) in [5.74, 6) is 0. The Morgan fingerprint density at radius 2 is 1.76 bits per heavy atom. The second kappa shape index (κ2) is 4.89. The second-order valence-electron chi connectivity index (χ2n) is 3.32. The summed E-state index contributed by atoms with van der Waals surface area (Å²) in [5, 5.41) is 8.57. The minimum atomic E-state index is -4.28. The van der Waals surface area contributed by atoms with Crippen LogP contribution in [0.15, 0.2) is 24.3 Å². The highest BCUT2D eigenvalue weighted by atomic mass is 127. The molecule has 0 fully saturated rings. The third-order valence-electron chi connectivity index (χ3n) is 2.08. The van der Waals surface area contributed by atoms with Crippen LogP contribution in [0.25, 0.3) is 0 Å². The summed E-state index contributed by atoms with van der Waals surface area (Å²) >= 11 is 3.49. The average molecular weight is 370 g/mol. The Kier molecular flexibility index (Phi) is 3.67. The van der Waals surface area contributed by atoms with Gasteiger partial charge in [-0.2, -0.15) is 13.2 Å². The van der Waals surface area contributed by atoms with Crippen LogP contribution in [-0.2, 0) is 12.6 Å². The zero-order valence-electron chi connectivity index (χ0n) is 8.33. The van der Waals surface area contributed by atoms with Crippen molar-refractivity contribution in [3.05, 3.63) is 43.4 Å². The summed E-state index contributed by atoms with van der Waals surface area (Å²) < 4.78 is 37.8. The molecule has 90 valence electrons. The molecule has 2 aromatic rings. The van der Waals surface area contributed by atoms with Gasteiger partial charge in [0.25, 0.3) is 0 Å². The van der Waals surface area contributed by atoms with E-state index in [0.717, 1.165) is 25.7 Å². The van der Waals surface area contributed by atoms with E-state index in [1.54, 1.807) is 0 Å². The largest absolute Gasteiger partial charge is 0.416 e. The van der Waals surface area contributed by atoms with Gasteiger partial charge in [0.05, 0.1) is 5.56 Å². The van der Waals surface area contributed by atoms with Gasteiger partial charge in [0.15, 0.2) is 3.01 Å². The van der Waals surface area contributed by atoms with E-state index in [-0.39, 0.29) is 0 Å². The van der Waals surface area contributed by atoms with E-state index in [0.29, 0.717) is 6.42 Å². The number of hydrogen-bond donors (Lipinski definition) is 0. The average Bonchev–Trinajstić information content (AvgIpc) is 2.63. The number of nitrogens with zero attached hydrogens (tertiary/aromatic N) is 2. The van der Waals surface area contributed by atoms with E-state index in [1.165, 1.54) is 23.5 Å². The Balaban J connectivity index is 2.13. The maximum absolute atomic E-state index is 12.3. The molecule has 2 rings (SSSR count). The molecule has 2 nitrogen and oxygen atoms in total. The maximum atomic E-state index is 12.3. The number of hydrogen-bond acceptors (Lipinski definition) is 3. The van der Waals surface area contributed by atoms with Crippen LogP contribution < -0.4 is 0 Å². The number of alkyl halides is 3. The molecule has 0 radical (unpaired) electrons. The minimum Gasteiger partial charge on any atom is -0.166 e. The van der Waals surface area contributed by atoms with Crippen LogP contribution in [0.5, 0.6) is 0 Å². The van der Waals surface area contributed by atoms with E-state index in [2.05, 4.69) is 32.8 Å². The van der Waals surface area contributed by atoms with E-state index in [1.807, 2.05) is 0 Å². The van der Waals surface area contributed by atoms with Crippen LogP contribution in [0.3, 0.4) is 0 Å². The third kappa shape index (κ3) is 3.38. The fourth-order valence-electron chi connectivity index (χ4n) is 1.29. The molecule has 7 heteroatoms. The van der Waals surface area contributed by atoms with Crippen LogP contribution >= 0.6 is 33.9 Å². The predicted octanol–water partition coefficient (Wildman–Crippen LogP) is 3.75. The molecule has 0 aliphatic carbocycles. The van der Waals surface area contributed by atoms with Gasteiger partial charge in [-0.3, -0.25) is 0 Å². The molecule has 0 unspecified atom stereocenters. The lowest BCUT2D eigenvalue weighted by molar-refractivity contribution is -0.137. The van der Waals surface area contributed by atoms with Crippen LogP contribution in [0.4, 0.5) is 13.2 Å². The highest BCUT2D eigenvalue weighted by Gasteiger charge is 2.29. The molecule has 0 aliphatic rings. The molecular weight excluding hydrogens is 364 g/mol. The molecule has 17 heavy (non-hydrogen) atoms. The SMILES string of the molecule is FC(F)(F)c1ccc(Cc2nnc(I)s2)cc1. The van der Waals surface area contributed by atoms with Crippen LogP contribution in [0.2, 0.25) is 0 Å². The molecule has 0 bridgehead atoms. The van der Waals surface area contributed by atoms with Gasteiger partial charge >= 0.3 is 6.18 Å². The zero-order chi connectivity index (χ0) is 12.5. The number of aromatic nitrogens is 2. The first kappa shape index (κ1) is 12.7. The van der Waals surface area contributed by atoms with Gasteiger partial charge < -0.3 is 0 Å². The molecule has 1 aromatic carbocycles. The molecule has 0 amide bonds. The Hall–Kier alpha value is -0.700. The van der Waals surface area contributed by atoms with Gasteiger partial charge in [0.1, 0.15) is 5.01 Å². The van der Waals surface area contributed by atoms with E-state index in [4.69, 9.17) is 0 Å². The fourth-order valence-corrected chi connectivity index (χ4v) is 2.76. The summed E-state index contributed by atoms with van der Waals surface area (Å²) in [6.07, 6.45) is -3.77. The van der Waals surface area contributed by atoms with Crippen molar-refractivity contribution in [3.8, 4) is 0 Å². The van der Waals surface area contributed by atoms with Crippen LogP contribution in [0, 0.1) is 3.01 Å². The second-order valence-corrected chi connectivity index (χ2v) is 6.14. The first-order valence-electron chi connectivity index (χ1n) is 4.59. The summed E-state index contributed by atoms with van der Waals surface area (Å²) in [6, 6.07) is 5.11. The topological polar surface area (TPSA) is 25.8 Å².